The van der Waals surface area contributed by atoms with E-state index in [0.29, 0.717) is 11.6 Å². The van der Waals surface area contributed by atoms with Crippen LogP contribution in [0.2, 0.25) is 0 Å². The van der Waals surface area contributed by atoms with Gasteiger partial charge in [0, 0.05) is 43.7 Å². The molecule has 1 unspecified atom stereocenters. The summed E-state index contributed by atoms with van der Waals surface area (Å²) in [5.41, 5.74) is 0.606. The van der Waals surface area contributed by atoms with E-state index in [1.807, 2.05) is 10.7 Å². The van der Waals surface area contributed by atoms with Crippen molar-refractivity contribution in [1.82, 2.24) is 19.7 Å². The Labute approximate surface area is 230 Å². The van der Waals surface area contributed by atoms with Crippen LogP contribution in [-0.2, 0) is 9.59 Å². The number of alkyl halides is 6. The molecule has 1 amide bonds. The summed E-state index contributed by atoms with van der Waals surface area (Å²) < 4.78 is 65.5. The van der Waals surface area contributed by atoms with E-state index in [1.54, 1.807) is 30.7 Å². The van der Waals surface area contributed by atoms with Crippen molar-refractivity contribution in [3.05, 3.63) is 54.5 Å². The standard InChI is InChI=1S/C21H27N5O.2C2HF3O2/c27-21(18-6-11-22-12-7-18)24-20-8-13-23-26(20)19-9-14-25(15-10-19)16-17-4-2-1-3-5-17;2*3-2(4,5)1(6)7/h1-2,6-8,11-13,17,19H,3-5,9-10,14-16H2,(H,24,27);2*(H,6,7). The highest BCUT2D eigenvalue weighted by atomic mass is 19.4. The molecule has 226 valence electrons. The van der Waals surface area contributed by atoms with E-state index in [1.165, 1.54) is 25.8 Å². The summed E-state index contributed by atoms with van der Waals surface area (Å²) in [5, 5.41) is 21.7. The van der Waals surface area contributed by atoms with Crippen molar-refractivity contribution in [3.8, 4) is 0 Å². The smallest absolute Gasteiger partial charge is 0.475 e. The number of carboxylic acid groups (broad SMARTS) is 2. The van der Waals surface area contributed by atoms with Gasteiger partial charge in [0.15, 0.2) is 0 Å². The van der Waals surface area contributed by atoms with E-state index in [-0.39, 0.29) is 5.91 Å². The predicted molar refractivity (Wildman–Crippen MR) is 133 cm³/mol. The van der Waals surface area contributed by atoms with Crippen LogP contribution >= 0.6 is 0 Å². The second-order valence-corrected chi connectivity index (χ2v) is 9.14. The molecule has 1 fully saturated rings. The Morgan fingerprint density at radius 1 is 0.878 bits per heavy atom. The number of nitrogens with one attached hydrogen (secondary N) is 1. The fraction of sp³-hybridized carbons (Fsp3) is 0.480. The molecule has 1 atom stereocenters. The third kappa shape index (κ3) is 11.6. The number of piperidine rings is 1. The second kappa shape index (κ2) is 15.2. The van der Waals surface area contributed by atoms with Gasteiger partial charge in [0.2, 0.25) is 0 Å². The lowest BCUT2D eigenvalue weighted by Crippen LogP contribution is -2.38. The van der Waals surface area contributed by atoms with Crippen LogP contribution in [0.3, 0.4) is 0 Å². The van der Waals surface area contributed by atoms with Crippen molar-refractivity contribution in [2.75, 3.05) is 25.0 Å². The van der Waals surface area contributed by atoms with Crippen molar-refractivity contribution in [2.45, 2.75) is 50.5 Å². The molecule has 4 rings (SSSR count). The minimum Gasteiger partial charge on any atom is -0.475 e. The maximum absolute atomic E-state index is 12.4. The van der Waals surface area contributed by atoms with Gasteiger partial charge in [-0.05, 0) is 50.2 Å². The Kier molecular flexibility index (Phi) is 12.3. The normalized spacial score (nSPS) is 17.9. The first kappa shape index (κ1) is 33.3. The Balaban J connectivity index is 0.000000349. The molecule has 3 N–H and O–H groups in total. The Bertz CT molecular complexity index is 1140. The third-order valence-corrected chi connectivity index (χ3v) is 6.14. The molecule has 0 spiro atoms. The number of anilines is 1. The number of halogens is 6. The molecular weight excluding hydrogens is 564 g/mol. The molecule has 2 aromatic heterocycles. The van der Waals surface area contributed by atoms with Gasteiger partial charge in [0.05, 0.1) is 12.2 Å². The monoisotopic (exact) mass is 593 g/mol. The van der Waals surface area contributed by atoms with Gasteiger partial charge < -0.3 is 20.4 Å². The number of carboxylic acids is 2. The number of rotatable bonds is 5. The van der Waals surface area contributed by atoms with Crippen LogP contribution in [0.5, 0.6) is 0 Å². The van der Waals surface area contributed by atoms with Gasteiger partial charge in [-0.3, -0.25) is 9.78 Å². The molecule has 1 saturated heterocycles. The highest BCUT2D eigenvalue weighted by Crippen LogP contribution is 2.28. The van der Waals surface area contributed by atoms with Gasteiger partial charge in [-0.1, -0.05) is 12.2 Å². The zero-order valence-corrected chi connectivity index (χ0v) is 21.6. The summed E-state index contributed by atoms with van der Waals surface area (Å²) in [5.74, 6) is -4.05. The second-order valence-electron chi connectivity index (χ2n) is 9.14. The molecule has 2 aromatic rings. The van der Waals surface area contributed by atoms with E-state index < -0.39 is 24.3 Å². The SMILES string of the molecule is O=C(Nc1ccnn1C1CCN(CC2CC=CCC2)CC1)c1ccncc1.O=C(O)C(F)(F)F.O=C(O)C(F)(F)F. The van der Waals surface area contributed by atoms with E-state index in [0.717, 1.165) is 37.7 Å². The van der Waals surface area contributed by atoms with Crippen LogP contribution in [0.1, 0.15) is 48.5 Å². The molecule has 0 radical (unpaired) electrons. The van der Waals surface area contributed by atoms with Gasteiger partial charge in [0.1, 0.15) is 5.82 Å². The summed E-state index contributed by atoms with van der Waals surface area (Å²) in [6, 6.07) is 5.65. The molecule has 10 nitrogen and oxygen atoms in total. The number of nitrogens with zero attached hydrogens (tertiary/aromatic N) is 4. The lowest BCUT2D eigenvalue weighted by molar-refractivity contribution is -0.193. The molecule has 41 heavy (non-hydrogen) atoms. The average Bonchev–Trinajstić information content (AvgIpc) is 3.38. The third-order valence-electron chi connectivity index (χ3n) is 6.14. The fourth-order valence-electron chi connectivity index (χ4n) is 4.13. The highest BCUT2D eigenvalue weighted by Gasteiger charge is 2.38. The van der Waals surface area contributed by atoms with Crippen LogP contribution in [0.4, 0.5) is 32.2 Å². The minimum absolute atomic E-state index is 0.123. The van der Waals surface area contributed by atoms with Crippen LogP contribution in [0.25, 0.3) is 0 Å². The quantitative estimate of drug-likeness (QED) is 0.333. The average molecular weight is 594 g/mol. The first-order chi connectivity index (χ1) is 19.2. The Morgan fingerprint density at radius 3 is 1.93 bits per heavy atom. The number of carbonyl (C=O) groups is 3. The maximum atomic E-state index is 12.4. The lowest BCUT2D eigenvalue weighted by atomic mass is 9.93. The summed E-state index contributed by atoms with van der Waals surface area (Å²) in [4.78, 5) is 36.8. The number of likely N-dealkylation sites (tertiary alicyclic amines) is 1. The summed E-state index contributed by atoms with van der Waals surface area (Å²) in [7, 11) is 0. The zero-order valence-electron chi connectivity index (χ0n) is 21.6. The fourth-order valence-corrected chi connectivity index (χ4v) is 4.13. The lowest BCUT2D eigenvalue weighted by Gasteiger charge is -2.35. The van der Waals surface area contributed by atoms with Crippen molar-refractivity contribution in [2.24, 2.45) is 5.92 Å². The summed E-state index contributed by atoms with van der Waals surface area (Å²) in [6.45, 7) is 3.41. The molecule has 0 bridgehead atoms. The zero-order chi connectivity index (χ0) is 30.6. The van der Waals surface area contributed by atoms with Crippen LogP contribution < -0.4 is 5.32 Å². The molecular formula is C25H29F6N5O5. The van der Waals surface area contributed by atoms with Gasteiger partial charge in [-0.25, -0.2) is 14.3 Å². The molecule has 2 aliphatic rings. The van der Waals surface area contributed by atoms with Crippen LogP contribution in [-0.4, -0.2) is 79.7 Å². The Morgan fingerprint density at radius 2 is 1.44 bits per heavy atom. The highest BCUT2D eigenvalue weighted by molar-refractivity contribution is 6.03. The van der Waals surface area contributed by atoms with Crippen molar-refractivity contribution in [1.29, 1.82) is 0 Å². The number of aromatic nitrogens is 3. The van der Waals surface area contributed by atoms with Crippen LogP contribution in [0.15, 0.2) is 48.9 Å². The minimum atomic E-state index is -5.08. The number of hydrogen-bond donors (Lipinski definition) is 3. The van der Waals surface area contributed by atoms with E-state index in [2.05, 4.69) is 32.5 Å². The Hall–Kier alpha value is -3.95. The van der Waals surface area contributed by atoms with Crippen molar-refractivity contribution < 1.29 is 50.9 Å². The van der Waals surface area contributed by atoms with E-state index in [9.17, 15) is 31.1 Å². The number of hydrogen-bond acceptors (Lipinski definition) is 6. The molecule has 1 aliphatic carbocycles. The number of amides is 1. The number of allylic oxidation sites excluding steroid dienone is 2. The van der Waals surface area contributed by atoms with Crippen molar-refractivity contribution in [3.63, 3.8) is 0 Å². The first-order valence-corrected chi connectivity index (χ1v) is 12.4. The molecule has 3 heterocycles. The maximum Gasteiger partial charge on any atom is 0.490 e. The summed E-state index contributed by atoms with van der Waals surface area (Å²) >= 11 is 0. The van der Waals surface area contributed by atoms with Gasteiger partial charge in [-0.15, -0.1) is 0 Å². The predicted octanol–water partition coefficient (Wildman–Crippen LogP) is 4.79. The number of aliphatic carboxylic acids is 2. The summed E-state index contributed by atoms with van der Waals surface area (Å²) in [6.07, 6.45) is 5.42. The molecule has 16 heteroatoms. The molecule has 1 aliphatic heterocycles. The van der Waals surface area contributed by atoms with Gasteiger partial charge >= 0.3 is 24.3 Å². The number of carbonyl (C=O) groups excluding carboxylic acids is 1. The first-order valence-electron chi connectivity index (χ1n) is 12.4. The van der Waals surface area contributed by atoms with Crippen LogP contribution in [0, 0.1) is 5.92 Å². The molecule has 0 saturated carbocycles. The van der Waals surface area contributed by atoms with Gasteiger partial charge in [0.25, 0.3) is 5.91 Å². The van der Waals surface area contributed by atoms with Crippen molar-refractivity contribution >= 4 is 23.7 Å². The van der Waals surface area contributed by atoms with E-state index >= 15 is 0 Å². The topological polar surface area (TPSA) is 138 Å². The van der Waals surface area contributed by atoms with E-state index in [4.69, 9.17) is 19.8 Å². The largest absolute Gasteiger partial charge is 0.490 e. The number of pyridine rings is 1. The van der Waals surface area contributed by atoms with Gasteiger partial charge in [-0.2, -0.15) is 31.4 Å². The molecule has 0 aromatic carbocycles.